The minimum atomic E-state index is -1.33. The topological polar surface area (TPSA) is 0 Å². The Morgan fingerprint density at radius 1 is 0.960 bits per heavy atom. The van der Waals surface area contributed by atoms with E-state index in [4.69, 9.17) is 0 Å². The average Bonchev–Trinajstić information content (AvgIpc) is 2.78. The first-order chi connectivity index (χ1) is 11.6. The zero-order valence-electron chi connectivity index (χ0n) is 17.6. The van der Waals surface area contributed by atoms with E-state index in [1.165, 1.54) is 19.3 Å². The third kappa shape index (κ3) is 4.58. The fourth-order valence-electron chi connectivity index (χ4n) is 5.63. The van der Waals surface area contributed by atoms with Gasteiger partial charge in [-0.15, -0.1) is 0 Å². The van der Waals surface area contributed by atoms with Crippen LogP contribution in [0.1, 0.15) is 43.2 Å². The van der Waals surface area contributed by atoms with Crippen LogP contribution in [0.3, 0.4) is 0 Å². The van der Waals surface area contributed by atoms with Crippen LogP contribution in [-0.4, -0.2) is 16.1 Å². The van der Waals surface area contributed by atoms with E-state index in [9.17, 15) is 0 Å². The standard InChI is InChI=1S/C14H15.2C4H11Si.Sc/c1-10-11-6-2-4-8-13(11)14-9-5-3-7-12(10)14;2*1-5(2,3)4;/h2,4,6-8,10H,3,5,9H2,1H3;2*1H2,2-4H3;. The van der Waals surface area contributed by atoms with Crippen LogP contribution in [-0.2, 0) is 21.4 Å². The Hall–Kier alpha value is 0.264. The Morgan fingerprint density at radius 3 is 2.16 bits per heavy atom. The zero-order chi connectivity index (χ0) is 18.4. The Kier molecular flexibility index (Phi) is 5.88. The molecule has 0 aromatic heterocycles. The minimum absolute atomic E-state index is 0.702. The maximum atomic E-state index is 2.63. The van der Waals surface area contributed by atoms with E-state index < -0.39 is 37.6 Å². The van der Waals surface area contributed by atoms with E-state index in [-0.39, 0.29) is 0 Å². The van der Waals surface area contributed by atoms with Crippen LogP contribution in [0.5, 0.6) is 0 Å². The monoisotopic (exact) mass is 402 g/mol. The molecule has 1 aromatic carbocycles. The molecule has 0 bridgehead atoms. The predicted octanol–water partition coefficient (Wildman–Crippen LogP) is 7.74. The van der Waals surface area contributed by atoms with Crippen LogP contribution < -0.4 is 0 Å². The van der Waals surface area contributed by atoms with Gasteiger partial charge in [0.1, 0.15) is 0 Å². The molecule has 0 radical (unpaired) electrons. The van der Waals surface area contributed by atoms with Gasteiger partial charge in [0, 0.05) is 0 Å². The summed E-state index contributed by atoms with van der Waals surface area (Å²) in [5, 5.41) is 0. The van der Waals surface area contributed by atoms with Crippen molar-refractivity contribution >= 4 is 21.7 Å². The van der Waals surface area contributed by atoms with Crippen molar-refractivity contribution in [1.82, 2.24) is 0 Å². The fourth-order valence-corrected chi connectivity index (χ4v) is 32.0. The number of allylic oxidation sites excluding steroid dienone is 2. The number of benzene rings is 1. The second kappa shape index (κ2) is 7.35. The molecule has 0 amide bonds. The van der Waals surface area contributed by atoms with E-state index in [2.05, 4.69) is 70.5 Å². The first-order valence-electron chi connectivity index (χ1n) is 10.4. The van der Waals surface area contributed by atoms with Crippen molar-refractivity contribution in [3.8, 4) is 0 Å². The average molecular weight is 403 g/mol. The maximum absolute atomic E-state index is 2.63. The summed E-state index contributed by atoms with van der Waals surface area (Å²) in [6, 6.07) is 9.34. The number of rotatable bonds is 5. The summed E-state index contributed by atoms with van der Waals surface area (Å²) in [5.41, 5.74) is 6.99. The van der Waals surface area contributed by atoms with Crippen LogP contribution in [0.25, 0.3) is 5.57 Å². The first-order valence-corrected chi connectivity index (χ1v) is 21.4. The molecule has 0 fully saturated rings. The molecule has 3 rings (SSSR count). The molecule has 25 heavy (non-hydrogen) atoms. The van der Waals surface area contributed by atoms with Crippen LogP contribution in [0.15, 0.2) is 29.8 Å². The van der Waals surface area contributed by atoms with Crippen LogP contribution >= 0.6 is 0 Å². The summed E-state index contributed by atoms with van der Waals surface area (Å²) in [6.45, 7) is 18.3. The second-order valence-electron chi connectivity index (χ2n) is 11.0. The zero-order valence-corrected chi connectivity index (χ0v) is 21.4. The molecule has 3 heteroatoms. The normalized spacial score (nSPS) is 23.5. The Labute approximate surface area is 166 Å². The molecule has 0 heterocycles. The molecule has 0 aliphatic heterocycles. The van der Waals surface area contributed by atoms with Gasteiger partial charge in [-0.05, 0) is 0 Å². The molecular formula is C22H37ScSi2. The molecule has 1 aromatic rings. The SMILES string of the molecule is CC1C2=C(CCC[CH]2[Sc]([CH2][Si](C)(C)C)[CH2][Si](C)(C)C)c2ccccc21. The molecule has 136 valence electrons. The van der Waals surface area contributed by atoms with Crippen molar-refractivity contribution in [3.05, 3.63) is 41.0 Å². The first kappa shape index (κ1) is 20.0. The van der Waals surface area contributed by atoms with Crippen LogP contribution in [0.2, 0.25) is 50.6 Å². The number of hydrogen-bond donors (Lipinski definition) is 0. The molecule has 0 saturated heterocycles. The van der Waals surface area contributed by atoms with Crippen molar-refractivity contribution < 1.29 is 21.4 Å². The summed E-state index contributed by atoms with van der Waals surface area (Å²) < 4.78 is 4.45. The molecule has 0 spiro atoms. The van der Waals surface area contributed by atoms with Crippen molar-refractivity contribution in [1.29, 1.82) is 0 Å². The Morgan fingerprint density at radius 2 is 1.56 bits per heavy atom. The molecular weight excluding hydrogens is 365 g/mol. The van der Waals surface area contributed by atoms with Crippen LogP contribution in [0.4, 0.5) is 0 Å². The molecule has 2 atom stereocenters. The molecule has 2 aliphatic carbocycles. The summed E-state index contributed by atoms with van der Waals surface area (Å²) in [7, 11) is -1.93. The summed E-state index contributed by atoms with van der Waals surface area (Å²) >= 11 is -1.33. The molecule has 2 aliphatic rings. The molecule has 0 nitrogen and oxygen atoms in total. The Bertz CT molecular complexity index is 647. The van der Waals surface area contributed by atoms with Gasteiger partial charge in [0.15, 0.2) is 0 Å². The van der Waals surface area contributed by atoms with Gasteiger partial charge in [-0.3, -0.25) is 0 Å². The third-order valence-electron chi connectivity index (χ3n) is 6.23. The van der Waals surface area contributed by atoms with Crippen molar-refractivity contribution in [3.63, 3.8) is 0 Å². The van der Waals surface area contributed by atoms with Crippen molar-refractivity contribution in [2.75, 3.05) is 0 Å². The van der Waals surface area contributed by atoms with Crippen LogP contribution in [0, 0.1) is 0 Å². The number of fused-ring (bicyclic) bond motifs is 2. The van der Waals surface area contributed by atoms with Gasteiger partial charge < -0.3 is 0 Å². The van der Waals surface area contributed by atoms with Gasteiger partial charge in [-0.1, -0.05) is 0 Å². The molecule has 0 saturated carbocycles. The number of hydrogen-bond acceptors (Lipinski definition) is 0. The van der Waals surface area contributed by atoms with Gasteiger partial charge >= 0.3 is 167 Å². The second-order valence-corrected chi connectivity index (χ2v) is 29.5. The Balaban J connectivity index is 1.98. The van der Waals surface area contributed by atoms with Gasteiger partial charge in [0.25, 0.3) is 0 Å². The van der Waals surface area contributed by atoms with E-state index >= 15 is 0 Å². The van der Waals surface area contributed by atoms with Crippen molar-refractivity contribution in [2.45, 2.75) is 82.7 Å². The summed E-state index contributed by atoms with van der Waals surface area (Å²) in [5.74, 6) is 0.702. The van der Waals surface area contributed by atoms with Gasteiger partial charge in [-0.25, -0.2) is 0 Å². The third-order valence-corrected chi connectivity index (χ3v) is 29.0. The van der Waals surface area contributed by atoms with Gasteiger partial charge in [0.2, 0.25) is 0 Å². The van der Waals surface area contributed by atoms with E-state index in [1.807, 2.05) is 5.57 Å². The van der Waals surface area contributed by atoms with E-state index in [0.717, 1.165) is 3.67 Å². The molecule has 2 unspecified atom stereocenters. The van der Waals surface area contributed by atoms with Gasteiger partial charge in [-0.2, -0.15) is 0 Å². The quantitative estimate of drug-likeness (QED) is 0.442. The summed E-state index contributed by atoms with van der Waals surface area (Å²) in [4.78, 5) is 0. The van der Waals surface area contributed by atoms with E-state index in [0.29, 0.717) is 5.92 Å². The van der Waals surface area contributed by atoms with E-state index in [1.54, 1.807) is 24.3 Å². The van der Waals surface area contributed by atoms with Gasteiger partial charge in [0.05, 0.1) is 0 Å². The van der Waals surface area contributed by atoms with Crippen molar-refractivity contribution in [2.24, 2.45) is 0 Å². The fraction of sp³-hybridized carbons (Fsp3) is 0.636. The molecule has 0 N–H and O–H groups in total. The summed E-state index contributed by atoms with van der Waals surface area (Å²) in [6.07, 6.45) is 4.32. The predicted molar refractivity (Wildman–Crippen MR) is 116 cm³/mol.